The summed E-state index contributed by atoms with van der Waals surface area (Å²) < 4.78 is 13.4. The van der Waals surface area contributed by atoms with E-state index in [0.717, 1.165) is 16.3 Å². The Balaban J connectivity index is 2.02. The van der Waals surface area contributed by atoms with Crippen molar-refractivity contribution in [3.63, 3.8) is 0 Å². The lowest BCUT2D eigenvalue weighted by Crippen LogP contribution is -2.37. The van der Waals surface area contributed by atoms with Crippen LogP contribution in [-0.2, 0) is 7.05 Å². The molecule has 0 saturated heterocycles. The number of aromatic nitrogens is 1. The minimum Gasteiger partial charge on any atom is -0.496 e. The molecule has 0 spiro atoms. The van der Waals surface area contributed by atoms with Gasteiger partial charge in [-0.2, -0.15) is 0 Å². The molecule has 3 aromatic carbocycles. The van der Waals surface area contributed by atoms with Crippen molar-refractivity contribution in [2.24, 2.45) is 7.05 Å². The van der Waals surface area contributed by atoms with Crippen molar-refractivity contribution >= 4 is 38.4 Å². The largest absolute Gasteiger partial charge is 0.496 e. The van der Waals surface area contributed by atoms with E-state index in [-0.39, 0.29) is 11.2 Å². The molecule has 0 aliphatic carbocycles. The fourth-order valence-electron chi connectivity index (χ4n) is 4.22. The van der Waals surface area contributed by atoms with Crippen LogP contribution in [0.5, 0.6) is 11.5 Å². The van der Waals surface area contributed by atoms with E-state index in [4.69, 9.17) is 9.47 Å². The van der Waals surface area contributed by atoms with Crippen LogP contribution in [0.25, 0.3) is 32.6 Å². The van der Waals surface area contributed by atoms with E-state index in [9.17, 15) is 9.59 Å². The van der Waals surface area contributed by atoms with E-state index in [1.165, 1.54) is 7.11 Å². The zero-order valence-electron chi connectivity index (χ0n) is 16.6. The number of rotatable bonds is 1. The highest BCUT2D eigenvalue weighted by atomic mass is 16.5. The van der Waals surface area contributed by atoms with Gasteiger partial charge < -0.3 is 14.0 Å². The highest BCUT2D eigenvalue weighted by molar-refractivity contribution is 6.17. The van der Waals surface area contributed by atoms with Crippen LogP contribution >= 0.6 is 0 Å². The summed E-state index contributed by atoms with van der Waals surface area (Å²) in [5, 5.41) is 2.95. The summed E-state index contributed by atoms with van der Waals surface area (Å²) in [6.07, 6.45) is 2.85. The van der Waals surface area contributed by atoms with E-state index < -0.39 is 5.60 Å². The standard InChI is InChI=1S/C24H19NO4/c1-24(2)12-17(26)20-19(29-24)11-18(28-4)21-22(20)25(3)16-10-14-8-6-5-7-13(14)9-15(16)23(21)27/h5-11H,1-4H3. The first kappa shape index (κ1) is 17.7. The molecule has 0 amide bonds. The second-order valence-electron chi connectivity index (χ2n) is 7.85. The van der Waals surface area contributed by atoms with Crippen molar-refractivity contribution in [1.82, 2.24) is 4.57 Å². The van der Waals surface area contributed by atoms with Crippen LogP contribution in [0, 0.1) is 6.42 Å². The molecular weight excluding hydrogens is 366 g/mol. The summed E-state index contributed by atoms with van der Waals surface area (Å²) in [7, 11) is 3.37. The number of nitrogens with zero attached hydrogens (tertiary/aromatic N) is 1. The lowest BCUT2D eigenvalue weighted by atomic mass is 9.90. The molecule has 5 nitrogen and oxygen atoms in total. The van der Waals surface area contributed by atoms with Crippen LogP contribution in [-0.4, -0.2) is 23.1 Å². The number of aryl methyl sites for hydroxylation is 1. The first-order valence-electron chi connectivity index (χ1n) is 9.38. The van der Waals surface area contributed by atoms with Crippen molar-refractivity contribution in [1.29, 1.82) is 0 Å². The Morgan fingerprint density at radius 2 is 1.76 bits per heavy atom. The second kappa shape index (κ2) is 5.83. The second-order valence-corrected chi connectivity index (χ2v) is 7.85. The SMILES string of the molecule is COc1cc2c(c3c1c(=O)c1cc4ccccc4cc1n3C)C(=O)[C]C(C)(C)O2. The molecule has 1 aliphatic rings. The molecule has 144 valence electrons. The topological polar surface area (TPSA) is 57.5 Å². The smallest absolute Gasteiger partial charge is 0.201 e. The number of fused-ring (bicyclic) bond motifs is 5. The van der Waals surface area contributed by atoms with Gasteiger partial charge in [-0.15, -0.1) is 0 Å². The lowest BCUT2D eigenvalue weighted by Gasteiger charge is -2.32. The molecule has 5 rings (SSSR count). The molecule has 4 aromatic rings. The van der Waals surface area contributed by atoms with Gasteiger partial charge in [0.15, 0.2) is 5.78 Å². The van der Waals surface area contributed by atoms with Crippen molar-refractivity contribution in [2.75, 3.05) is 7.11 Å². The average molecular weight is 385 g/mol. The number of methoxy groups -OCH3 is 1. The van der Waals surface area contributed by atoms with Crippen LogP contribution in [0.15, 0.2) is 47.3 Å². The summed E-state index contributed by atoms with van der Waals surface area (Å²) >= 11 is 0. The summed E-state index contributed by atoms with van der Waals surface area (Å²) in [6, 6.07) is 13.4. The Labute approximate surface area is 167 Å². The van der Waals surface area contributed by atoms with Gasteiger partial charge in [0.1, 0.15) is 23.5 Å². The molecular formula is C24H19NO4. The quantitative estimate of drug-likeness (QED) is 0.459. The van der Waals surface area contributed by atoms with Gasteiger partial charge >= 0.3 is 0 Å². The van der Waals surface area contributed by atoms with Crippen LogP contribution in [0.1, 0.15) is 24.2 Å². The summed E-state index contributed by atoms with van der Waals surface area (Å²) in [6.45, 7) is 3.55. The van der Waals surface area contributed by atoms with Gasteiger partial charge in [-0.1, -0.05) is 24.3 Å². The summed E-state index contributed by atoms with van der Waals surface area (Å²) in [4.78, 5) is 26.5. The van der Waals surface area contributed by atoms with E-state index in [1.54, 1.807) is 19.9 Å². The van der Waals surface area contributed by atoms with Gasteiger partial charge in [0, 0.05) is 18.5 Å². The molecule has 0 N–H and O–H groups in total. The monoisotopic (exact) mass is 385 g/mol. The zero-order valence-corrected chi connectivity index (χ0v) is 16.6. The number of benzene rings is 3. The van der Waals surface area contributed by atoms with E-state index in [1.807, 2.05) is 48.0 Å². The van der Waals surface area contributed by atoms with Crippen LogP contribution < -0.4 is 14.9 Å². The minimum absolute atomic E-state index is 0.170. The first-order valence-corrected chi connectivity index (χ1v) is 9.38. The predicted octanol–water partition coefficient (Wildman–Crippen LogP) is 4.29. The highest BCUT2D eigenvalue weighted by Gasteiger charge is 2.37. The maximum absolute atomic E-state index is 13.5. The normalized spacial score (nSPS) is 15.5. The van der Waals surface area contributed by atoms with Crippen molar-refractivity contribution in [3.05, 3.63) is 64.7 Å². The van der Waals surface area contributed by atoms with Gasteiger partial charge in [0.25, 0.3) is 0 Å². The van der Waals surface area contributed by atoms with Gasteiger partial charge in [0.05, 0.1) is 29.1 Å². The van der Waals surface area contributed by atoms with Gasteiger partial charge in [-0.3, -0.25) is 9.59 Å². The lowest BCUT2D eigenvalue weighted by molar-refractivity contribution is 0.0840. The fourth-order valence-corrected chi connectivity index (χ4v) is 4.22. The van der Waals surface area contributed by atoms with Crippen molar-refractivity contribution < 1.29 is 14.3 Å². The average Bonchev–Trinajstić information content (AvgIpc) is 2.68. The number of carbonyl (C=O) groups excluding carboxylic acids is 1. The zero-order chi connectivity index (χ0) is 20.5. The molecule has 2 radical (unpaired) electrons. The van der Waals surface area contributed by atoms with Gasteiger partial charge in [0.2, 0.25) is 5.43 Å². The Morgan fingerprint density at radius 3 is 2.45 bits per heavy atom. The Hall–Kier alpha value is -3.34. The predicted molar refractivity (Wildman–Crippen MR) is 113 cm³/mol. The maximum Gasteiger partial charge on any atom is 0.201 e. The first-order chi connectivity index (χ1) is 13.8. The van der Waals surface area contributed by atoms with E-state index in [2.05, 4.69) is 6.42 Å². The number of ether oxygens (including phenoxy) is 2. The fraction of sp³-hybridized carbons (Fsp3) is 0.208. The maximum atomic E-state index is 13.5. The highest BCUT2D eigenvalue weighted by Crippen LogP contribution is 2.41. The Morgan fingerprint density at radius 1 is 1.07 bits per heavy atom. The third-order valence-electron chi connectivity index (χ3n) is 5.49. The molecule has 0 unspecified atom stereocenters. The minimum atomic E-state index is -0.852. The van der Waals surface area contributed by atoms with Crippen molar-refractivity contribution in [3.8, 4) is 11.5 Å². The van der Waals surface area contributed by atoms with Crippen LogP contribution in [0.3, 0.4) is 0 Å². The third-order valence-corrected chi connectivity index (χ3v) is 5.49. The molecule has 0 atom stereocenters. The molecule has 1 aromatic heterocycles. The number of ketones is 1. The third kappa shape index (κ3) is 2.47. The summed E-state index contributed by atoms with van der Waals surface area (Å²) in [5.74, 6) is 0.511. The molecule has 5 heteroatoms. The van der Waals surface area contributed by atoms with Gasteiger partial charge in [-0.25, -0.2) is 0 Å². The molecule has 29 heavy (non-hydrogen) atoms. The Bertz CT molecular complexity index is 1410. The van der Waals surface area contributed by atoms with Crippen molar-refractivity contribution in [2.45, 2.75) is 19.4 Å². The van der Waals surface area contributed by atoms with Crippen LogP contribution in [0.2, 0.25) is 0 Å². The number of hydrogen-bond donors (Lipinski definition) is 0. The molecule has 0 fully saturated rings. The number of pyridine rings is 1. The van der Waals surface area contributed by atoms with Crippen LogP contribution in [0.4, 0.5) is 0 Å². The molecule has 0 bridgehead atoms. The number of carbonyl (C=O) groups is 1. The van der Waals surface area contributed by atoms with E-state index in [0.29, 0.717) is 33.4 Å². The van der Waals surface area contributed by atoms with E-state index >= 15 is 0 Å². The molecule has 0 saturated carbocycles. The Kier molecular flexibility index (Phi) is 3.57. The number of Topliss-reactive ketones (excluding diaryl/α,β-unsaturated/α-hetero) is 1. The molecule has 2 heterocycles. The van der Waals surface area contributed by atoms with Gasteiger partial charge in [-0.05, 0) is 36.8 Å². The summed E-state index contributed by atoms with van der Waals surface area (Å²) in [5.41, 5.74) is 0.564. The number of hydrogen-bond acceptors (Lipinski definition) is 4. The molecule has 1 aliphatic heterocycles.